The molecule has 0 atom stereocenters. The third-order valence-electron chi connectivity index (χ3n) is 1.96. The number of carbonyl (C=O) groups excluding carboxylic acids is 1. The fourth-order valence-electron chi connectivity index (χ4n) is 1.17. The molecule has 1 aromatic rings. The number of aromatic nitrogens is 1. The second-order valence-electron chi connectivity index (χ2n) is 3.12. The molecule has 0 saturated heterocycles. The Hall–Kier alpha value is -1.29. The van der Waals surface area contributed by atoms with E-state index in [2.05, 4.69) is 10.6 Å². The Labute approximate surface area is 84.3 Å². The highest BCUT2D eigenvalue weighted by molar-refractivity contribution is 5.75. The van der Waals surface area contributed by atoms with Crippen molar-refractivity contribution < 1.29 is 4.79 Å². The molecule has 14 heavy (non-hydrogen) atoms. The van der Waals surface area contributed by atoms with Crippen molar-refractivity contribution in [3.05, 3.63) is 24.5 Å². The van der Waals surface area contributed by atoms with Gasteiger partial charge < -0.3 is 15.2 Å². The average Bonchev–Trinajstić information content (AvgIpc) is 2.67. The zero-order valence-corrected chi connectivity index (χ0v) is 8.49. The molecule has 0 aliphatic rings. The fourth-order valence-corrected chi connectivity index (χ4v) is 1.17. The molecule has 0 aliphatic heterocycles. The van der Waals surface area contributed by atoms with Crippen LogP contribution in [0.3, 0.4) is 0 Å². The summed E-state index contributed by atoms with van der Waals surface area (Å²) in [5.74, 6) is 0.103. The van der Waals surface area contributed by atoms with Gasteiger partial charge in [-0.3, -0.25) is 4.79 Å². The van der Waals surface area contributed by atoms with Crippen molar-refractivity contribution in [2.75, 3.05) is 20.1 Å². The third kappa shape index (κ3) is 4.09. The van der Waals surface area contributed by atoms with Crippen LogP contribution >= 0.6 is 0 Å². The lowest BCUT2D eigenvalue weighted by atomic mass is 10.4. The molecule has 2 N–H and O–H groups in total. The van der Waals surface area contributed by atoms with Crippen LogP contribution in [0.1, 0.15) is 6.42 Å². The Morgan fingerprint density at radius 2 is 2.00 bits per heavy atom. The number of amides is 1. The molecule has 1 aromatic heterocycles. The summed E-state index contributed by atoms with van der Waals surface area (Å²) in [5, 5.41) is 5.79. The Kier molecular flexibility index (Phi) is 4.78. The first-order valence-electron chi connectivity index (χ1n) is 4.85. The summed E-state index contributed by atoms with van der Waals surface area (Å²) in [6, 6.07) is 3.95. The van der Waals surface area contributed by atoms with E-state index < -0.39 is 0 Å². The molecule has 0 bridgehead atoms. The summed E-state index contributed by atoms with van der Waals surface area (Å²) in [7, 11) is 1.84. The number of hydrogen-bond donors (Lipinski definition) is 2. The molecule has 0 fully saturated rings. The predicted molar refractivity (Wildman–Crippen MR) is 56.0 cm³/mol. The van der Waals surface area contributed by atoms with Crippen molar-refractivity contribution >= 4 is 5.91 Å². The highest BCUT2D eigenvalue weighted by Gasteiger charge is 1.98. The zero-order valence-electron chi connectivity index (χ0n) is 8.49. The second kappa shape index (κ2) is 6.21. The van der Waals surface area contributed by atoms with Gasteiger partial charge in [-0.05, 0) is 19.2 Å². The van der Waals surface area contributed by atoms with E-state index in [1.807, 2.05) is 36.1 Å². The summed E-state index contributed by atoms with van der Waals surface area (Å²) in [5.41, 5.74) is 0. The van der Waals surface area contributed by atoms with Gasteiger partial charge in [0.2, 0.25) is 5.91 Å². The van der Waals surface area contributed by atoms with E-state index in [0.29, 0.717) is 13.0 Å². The number of carbonyl (C=O) groups is 1. The van der Waals surface area contributed by atoms with Gasteiger partial charge in [0.05, 0.1) is 0 Å². The largest absolute Gasteiger partial charge is 0.354 e. The van der Waals surface area contributed by atoms with E-state index >= 15 is 0 Å². The zero-order chi connectivity index (χ0) is 10.2. The van der Waals surface area contributed by atoms with Crippen LogP contribution in [0, 0.1) is 0 Å². The smallest absolute Gasteiger partial charge is 0.221 e. The summed E-state index contributed by atoms with van der Waals surface area (Å²) in [6.07, 6.45) is 4.52. The van der Waals surface area contributed by atoms with Gasteiger partial charge in [0.25, 0.3) is 0 Å². The molecule has 0 radical (unpaired) electrons. The molecule has 0 spiro atoms. The summed E-state index contributed by atoms with van der Waals surface area (Å²) < 4.78 is 2.04. The van der Waals surface area contributed by atoms with Crippen LogP contribution in [0.4, 0.5) is 0 Å². The van der Waals surface area contributed by atoms with Crippen molar-refractivity contribution in [1.82, 2.24) is 15.2 Å². The minimum absolute atomic E-state index is 0.103. The van der Waals surface area contributed by atoms with Crippen LogP contribution in [-0.2, 0) is 11.3 Å². The minimum Gasteiger partial charge on any atom is -0.354 e. The fraction of sp³-hybridized carbons (Fsp3) is 0.500. The maximum absolute atomic E-state index is 11.2. The average molecular weight is 195 g/mol. The third-order valence-corrected chi connectivity index (χ3v) is 1.96. The van der Waals surface area contributed by atoms with Crippen molar-refractivity contribution in [2.45, 2.75) is 13.0 Å². The van der Waals surface area contributed by atoms with E-state index in [4.69, 9.17) is 0 Å². The maximum atomic E-state index is 11.2. The first-order valence-corrected chi connectivity index (χ1v) is 4.85. The van der Waals surface area contributed by atoms with Gasteiger partial charge in [-0.2, -0.15) is 0 Å². The van der Waals surface area contributed by atoms with Gasteiger partial charge >= 0.3 is 0 Å². The highest BCUT2D eigenvalue weighted by Crippen LogP contribution is 1.88. The van der Waals surface area contributed by atoms with E-state index in [9.17, 15) is 4.79 Å². The lowest BCUT2D eigenvalue weighted by Gasteiger charge is -2.05. The van der Waals surface area contributed by atoms with Crippen LogP contribution in [0.2, 0.25) is 0 Å². The van der Waals surface area contributed by atoms with E-state index in [0.717, 1.165) is 13.1 Å². The lowest BCUT2D eigenvalue weighted by Crippen LogP contribution is -2.29. The molecule has 1 amide bonds. The van der Waals surface area contributed by atoms with Gasteiger partial charge in [-0.25, -0.2) is 0 Å². The number of hydrogen-bond acceptors (Lipinski definition) is 2. The van der Waals surface area contributed by atoms with Crippen molar-refractivity contribution in [1.29, 1.82) is 0 Å². The first kappa shape index (κ1) is 10.8. The lowest BCUT2D eigenvalue weighted by molar-refractivity contribution is -0.121. The monoisotopic (exact) mass is 195 g/mol. The van der Waals surface area contributed by atoms with E-state index in [-0.39, 0.29) is 5.91 Å². The summed E-state index contributed by atoms with van der Waals surface area (Å²) >= 11 is 0. The van der Waals surface area contributed by atoms with E-state index in [1.165, 1.54) is 0 Å². The van der Waals surface area contributed by atoms with Crippen LogP contribution in [-0.4, -0.2) is 30.6 Å². The van der Waals surface area contributed by atoms with Gasteiger partial charge in [0, 0.05) is 38.4 Å². The standard InChI is InChI=1S/C10H17N3O/c1-11-5-4-10(14)12-6-9-13-7-2-3-8-13/h2-3,7-8,11H,4-6,9H2,1H3,(H,12,14). The second-order valence-corrected chi connectivity index (χ2v) is 3.12. The van der Waals surface area contributed by atoms with Crippen molar-refractivity contribution in [3.8, 4) is 0 Å². The Morgan fingerprint density at radius 3 is 2.64 bits per heavy atom. The quantitative estimate of drug-likeness (QED) is 0.682. The minimum atomic E-state index is 0.103. The molecule has 1 heterocycles. The van der Waals surface area contributed by atoms with Gasteiger partial charge in [0.1, 0.15) is 0 Å². The van der Waals surface area contributed by atoms with Gasteiger partial charge in [0.15, 0.2) is 0 Å². The predicted octanol–water partition coefficient (Wildman–Crippen LogP) is 0.214. The summed E-state index contributed by atoms with van der Waals surface area (Å²) in [4.78, 5) is 11.2. The SMILES string of the molecule is CNCCC(=O)NCCn1cccc1. The summed E-state index contributed by atoms with van der Waals surface area (Å²) in [6.45, 7) is 2.25. The van der Waals surface area contributed by atoms with Crippen LogP contribution in [0.15, 0.2) is 24.5 Å². The Balaban J connectivity index is 2.06. The molecule has 1 rings (SSSR count). The molecular formula is C10H17N3O. The number of nitrogens with one attached hydrogen (secondary N) is 2. The van der Waals surface area contributed by atoms with Gasteiger partial charge in [-0.1, -0.05) is 0 Å². The molecule has 0 unspecified atom stereocenters. The van der Waals surface area contributed by atoms with Gasteiger partial charge in [-0.15, -0.1) is 0 Å². The molecule has 0 aromatic carbocycles. The van der Waals surface area contributed by atoms with Crippen LogP contribution < -0.4 is 10.6 Å². The van der Waals surface area contributed by atoms with Crippen molar-refractivity contribution in [2.24, 2.45) is 0 Å². The van der Waals surface area contributed by atoms with Crippen LogP contribution in [0.5, 0.6) is 0 Å². The molecular weight excluding hydrogens is 178 g/mol. The van der Waals surface area contributed by atoms with E-state index in [1.54, 1.807) is 0 Å². The Morgan fingerprint density at radius 1 is 1.29 bits per heavy atom. The number of nitrogens with zero attached hydrogens (tertiary/aromatic N) is 1. The highest BCUT2D eigenvalue weighted by atomic mass is 16.1. The first-order chi connectivity index (χ1) is 6.83. The topological polar surface area (TPSA) is 46.1 Å². The van der Waals surface area contributed by atoms with Crippen molar-refractivity contribution in [3.63, 3.8) is 0 Å². The normalized spacial score (nSPS) is 10.1. The molecule has 4 heteroatoms. The number of rotatable bonds is 6. The molecule has 4 nitrogen and oxygen atoms in total. The molecule has 78 valence electrons. The molecule has 0 saturated carbocycles. The van der Waals surface area contributed by atoms with Crippen LogP contribution in [0.25, 0.3) is 0 Å². The maximum Gasteiger partial charge on any atom is 0.221 e. The Bertz CT molecular complexity index is 256. The molecule has 0 aliphatic carbocycles.